The monoisotopic (exact) mass is 256 g/mol. The number of ketones is 1. The Hall–Kier alpha value is -2.16. The van der Waals surface area contributed by atoms with E-state index in [4.69, 9.17) is 4.74 Å². The van der Waals surface area contributed by atoms with E-state index in [0.29, 0.717) is 17.7 Å². The highest BCUT2D eigenvalue weighted by molar-refractivity contribution is 6.01. The minimum Gasteiger partial charge on any atom is -0.496 e. The molecule has 3 rings (SSSR count). The molecule has 0 radical (unpaired) electrons. The average molecular weight is 256 g/mol. The van der Waals surface area contributed by atoms with Gasteiger partial charge in [-0.15, -0.1) is 0 Å². The van der Waals surface area contributed by atoms with Gasteiger partial charge in [0, 0.05) is 17.5 Å². The van der Waals surface area contributed by atoms with Crippen LogP contribution in [0.25, 0.3) is 11.1 Å². The smallest absolute Gasteiger partial charge is 0.163 e. The number of benzene rings is 2. The summed E-state index contributed by atoms with van der Waals surface area (Å²) in [5.41, 5.74) is 3.42. The topological polar surface area (TPSA) is 26.3 Å². The third-order valence-corrected chi connectivity index (χ3v) is 3.50. The van der Waals surface area contributed by atoms with Gasteiger partial charge in [0.05, 0.1) is 7.11 Å². The van der Waals surface area contributed by atoms with Crippen LogP contribution in [0.1, 0.15) is 22.3 Å². The molecule has 3 heteroatoms. The Morgan fingerprint density at radius 1 is 1.05 bits per heavy atom. The lowest BCUT2D eigenvalue weighted by molar-refractivity contribution is 0.0994. The SMILES string of the molecule is COc1ccc(F)cc1-c1ccc2c(c1)CCC2=O. The first-order valence-electron chi connectivity index (χ1n) is 6.19. The molecular formula is C16H13FO2. The molecule has 0 heterocycles. The summed E-state index contributed by atoms with van der Waals surface area (Å²) in [5.74, 6) is 0.519. The zero-order valence-electron chi connectivity index (χ0n) is 10.6. The molecule has 0 saturated heterocycles. The number of hydrogen-bond donors (Lipinski definition) is 0. The predicted octanol–water partition coefficient (Wildman–Crippen LogP) is 3.63. The molecule has 0 atom stereocenters. The molecule has 0 fully saturated rings. The van der Waals surface area contributed by atoms with Crippen LogP contribution in [-0.2, 0) is 6.42 Å². The summed E-state index contributed by atoms with van der Waals surface area (Å²) in [7, 11) is 1.56. The van der Waals surface area contributed by atoms with Crippen LogP contribution in [0.15, 0.2) is 36.4 Å². The largest absolute Gasteiger partial charge is 0.496 e. The molecule has 0 spiro atoms. The molecule has 0 saturated carbocycles. The van der Waals surface area contributed by atoms with Gasteiger partial charge in [-0.1, -0.05) is 18.2 Å². The van der Waals surface area contributed by atoms with Crippen molar-refractivity contribution in [2.24, 2.45) is 0 Å². The number of methoxy groups -OCH3 is 1. The zero-order valence-corrected chi connectivity index (χ0v) is 10.6. The summed E-state index contributed by atoms with van der Waals surface area (Å²) in [6, 6.07) is 10.1. The van der Waals surface area contributed by atoms with Crippen molar-refractivity contribution in [2.75, 3.05) is 7.11 Å². The lowest BCUT2D eigenvalue weighted by atomic mass is 9.99. The lowest BCUT2D eigenvalue weighted by Crippen LogP contribution is -1.93. The second-order valence-corrected chi connectivity index (χ2v) is 4.64. The molecule has 2 aromatic rings. The van der Waals surface area contributed by atoms with Crippen molar-refractivity contribution in [1.29, 1.82) is 0 Å². The molecule has 0 aliphatic heterocycles. The van der Waals surface area contributed by atoms with E-state index in [2.05, 4.69) is 0 Å². The van der Waals surface area contributed by atoms with Gasteiger partial charge in [0.25, 0.3) is 0 Å². The van der Waals surface area contributed by atoms with E-state index in [-0.39, 0.29) is 11.6 Å². The quantitative estimate of drug-likeness (QED) is 0.820. The van der Waals surface area contributed by atoms with Crippen LogP contribution in [0.2, 0.25) is 0 Å². The van der Waals surface area contributed by atoms with E-state index in [1.807, 2.05) is 18.2 Å². The second kappa shape index (κ2) is 4.50. The second-order valence-electron chi connectivity index (χ2n) is 4.64. The van der Waals surface area contributed by atoms with Gasteiger partial charge in [-0.05, 0) is 35.7 Å². The summed E-state index contributed by atoms with van der Waals surface area (Å²) < 4.78 is 18.7. The highest BCUT2D eigenvalue weighted by atomic mass is 19.1. The summed E-state index contributed by atoms with van der Waals surface area (Å²) in [6.07, 6.45) is 1.33. The van der Waals surface area contributed by atoms with Crippen molar-refractivity contribution in [3.8, 4) is 16.9 Å². The first-order chi connectivity index (χ1) is 9.19. The van der Waals surface area contributed by atoms with Gasteiger partial charge in [-0.25, -0.2) is 4.39 Å². The third kappa shape index (κ3) is 2.01. The number of ether oxygens (including phenoxy) is 1. The van der Waals surface area contributed by atoms with Gasteiger partial charge in [0.2, 0.25) is 0 Å². The fraction of sp³-hybridized carbons (Fsp3) is 0.188. The molecule has 96 valence electrons. The van der Waals surface area contributed by atoms with Crippen LogP contribution in [0.5, 0.6) is 5.75 Å². The number of rotatable bonds is 2. The van der Waals surface area contributed by atoms with E-state index < -0.39 is 0 Å². The first kappa shape index (κ1) is 11.9. The Morgan fingerprint density at radius 2 is 1.89 bits per heavy atom. The molecule has 19 heavy (non-hydrogen) atoms. The molecule has 1 aliphatic rings. The number of halogens is 1. The van der Waals surface area contributed by atoms with Crippen molar-refractivity contribution in [1.82, 2.24) is 0 Å². The molecule has 0 amide bonds. The minimum atomic E-state index is -0.299. The first-order valence-corrected chi connectivity index (χ1v) is 6.19. The van der Waals surface area contributed by atoms with Gasteiger partial charge in [-0.3, -0.25) is 4.79 Å². The number of fused-ring (bicyclic) bond motifs is 1. The minimum absolute atomic E-state index is 0.188. The lowest BCUT2D eigenvalue weighted by Gasteiger charge is -2.10. The normalized spacial score (nSPS) is 13.5. The van der Waals surface area contributed by atoms with Crippen LogP contribution in [0, 0.1) is 5.82 Å². The highest BCUT2D eigenvalue weighted by Gasteiger charge is 2.20. The number of carbonyl (C=O) groups is 1. The van der Waals surface area contributed by atoms with E-state index >= 15 is 0 Å². The number of hydrogen-bond acceptors (Lipinski definition) is 2. The molecule has 0 unspecified atom stereocenters. The van der Waals surface area contributed by atoms with Crippen molar-refractivity contribution >= 4 is 5.78 Å². The molecule has 0 bridgehead atoms. The van der Waals surface area contributed by atoms with Gasteiger partial charge in [-0.2, -0.15) is 0 Å². The maximum atomic E-state index is 13.4. The van der Waals surface area contributed by atoms with Crippen LogP contribution < -0.4 is 4.74 Å². The molecular weight excluding hydrogens is 243 g/mol. The van der Waals surface area contributed by atoms with Crippen molar-refractivity contribution in [3.63, 3.8) is 0 Å². The average Bonchev–Trinajstić information content (AvgIpc) is 2.80. The molecule has 0 N–H and O–H groups in total. The number of Topliss-reactive ketones (excluding diaryl/α,β-unsaturated/α-hetero) is 1. The third-order valence-electron chi connectivity index (χ3n) is 3.50. The highest BCUT2D eigenvalue weighted by Crippen LogP contribution is 2.33. The van der Waals surface area contributed by atoms with E-state index in [1.54, 1.807) is 13.2 Å². The number of aryl methyl sites for hydroxylation is 1. The van der Waals surface area contributed by atoms with Gasteiger partial charge >= 0.3 is 0 Å². The Kier molecular flexibility index (Phi) is 2.82. The van der Waals surface area contributed by atoms with Crippen molar-refractivity contribution < 1.29 is 13.9 Å². The summed E-state index contributed by atoms with van der Waals surface area (Å²) in [4.78, 5) is 11.6. The van der Waals surface area contributed by atoms with E-state index in [9.17, 15) is 9.18 Å². The standard InChI is InChI=1S/C16H13FO2/c1-19-16-7-4-12(17)9-14(16)11-2-5-13-10(8-11)3-6-15(13)18/h2,4-5,7-9H,3,6H2,1H3. The summed E-state index contributed by atoms with van der Waals surface area (Å²) >= 11 is 0. The van der Waals surface area contributed by atoms with Crippen LogP contribution in [0.3, 0.4) is 0 Å². The van der Waals surface area contributed by atoms with Crippen LogP contribution in [0.4, 0.5) is 4.39 Å². The fourth-order valence-electron chi connectivity index (χ4n) is 2.53. The van der Waals surface area contributed by atoms with E-state index in [0.717, 1.165) is 23.1 Å². The Balaban J connectivity index is 2.13. The van der Waals surface area contributed by atoms with Crippen LogP contribution in [-0.4, -0.2) is 12.9 Å². The fourth-order valence-corrected chi connectivity index (χ4v) is 2.53. The van der Waals surface area contributed by atoms with E-state index in [1.165, 1.54) is 12.1 Å². The van der Waals surface area contributed by atoms with Gasteiger partial charge in [0.1, 0.15) is 11.6 Å². The predicted molar refractivity (Wildman–Crippen MR) is 71.0 cm³/mol. The number of carbonyl (C=O) groups excluding carboxylic acids is 1. The molecule has 2 nitrogen and oxygen atoms in total. The molecule has 1 aliphatic carbocycles. The van der Waals surface area contributed by atoms with Gasteiger partial charge < -0.3 is 4.74 Å². The summed E-state index contributed by atoms with van der Waals surface area (Å²) in [5, 5.41) is 0. The molecule has 0 aromatic heterocycles. The summed E-state index contributed by atoms with van der Waals surface area (Å²) in [6.45, 7) is 0. The maximum Gasteiger partial charge on any atom is 0.163 e. The Labute approximate surface area is 110 Å². The van der Waals surface area contributed by atoms with Crippen LogP contribution >= 0.6 is 0 Å². The van der Waals surface area contributed by atoms with Gasteiger partial charge in [0.15, 0.2) is 5.78 Å². The zero-order chi connectivity index (χ0) is 13.4. The maximum absolute atomic E-state index is 13.4. The molecule has 2 aromatic carbocycles. The Bertz CT molecular complexity index is 662. The van der Waals surface area contributed by atoms with Crippen molar-refractivity contribution in [2.45, 2.75) is 12.8 Å². The Morgan fingerprint density at radius 3 is 2.68 bits per heavy atom. The van der Waals surface area contributed by atoms with Crippen molar-refractivity contribution in [3.05, 3.63) is 53.3 Å².